The van der Waals surface area contributed by atoms with E-state index in [-0.39, 0.29) is 25.5 Å². The second-order valence-corrected chi connectivity index (χ2v) is 7.72. The van der Waals surface area contributed by atoms with Crippen LogP contribution in [-0.2, 0) is 14.8 Å². The first-order chi connectivity index (χ1) is 11.4. The fourth-order valence-electron chi connectivity index (χ4n) is 2.68. The zero-order chi connectivity index (χ0) is 17.7. The molecule has 1 aliphatic rings. The molecule has 134 valence electrons. The summed E-state index contributed by atoms with van der Waals surface area (Å²) < 4.78 is 53.4. The van der Waals surface area contributed by atoms with Gasteiger partial charge in [0.15, 0.2) is 0 Å². The highest BCUT2D eigenvalue weighted by molar-refractivity contribution is 7.89. The molecule has 1 heterocycles. The Morgan fingerprint density at radius 3 is 2.62 bits per heavy atom. The van der Waals surface area contributed by atoms with E-state index in [0.717, 1.165) is 29.3 Å². The number of sulfonamides is 1. The van der Waals surface area contributed by atoms with Crippen LogP contribution in [0.2, 0.25) is 0 Å². The smallest absolute Gasteiger partial charge is 0.246 e. The maximum atomic E-state index is 13.8. The van der Waals surface area contributed by atoms with Crippen molar-refractivity contribution in [1.82, 2.24) is 9.21 Å². The zero-order valence-electron chi connectivity index (χ0n) is 13.7. The van der Waals surface area contributed by atoms with Crippen molar-refractivity contribution in [1.29, 1.82) is 0 Å². The quantitative estimate of drug-likeness (QED) is 0.810. The lowest BCUT2D eigenvalue weighted by Gasteiger charge is -2.22. The first-order valence-electron chi connectivity index (χ1n) is 8.09. The van der Waals surface area contributed by atoms with Gasteiger partial charge in [0.05, 0.1) is 0 Å². The average molecular weight is 360 g/mol. The zero-order valence-corrected chi connectivity index (χ0v) is 14.5. The molecule has 0 N–H and O–H groups in total. The minimum atomic E-state index is -4.12. The summed E-state index contributed by atoms with van der Waals surface area (Å²) >= 11 is 0. The summed E-state index contributed by atoms with van der Waals surface area (Å²) in [6, 6.07) is 2.38. The van der Waals surface area contributed by atoms with Gasteiger partial charge < -0.3 is 4.90 Å². The second kappa shape index (κ2) is 8.02. The van der Waals surface area contributed by atoms with Gasteiger partial charge in [-0.3, -0.25) is 4.79 Å². The Morgan fingerprint density at radius 1 is 1.17 bits per heavy atom. The van der Waals surface area contributed by atoms with Crippen molar-refractivity contribution >= 4 is 15.9 Å². The molecule has 1 amide bonds. The molecule has 24 heavy (non-hydrogen) atoms. The van der Waals surface area contributed by atoms with E-state index in [4.69, 9.17) is 0 Å². The third-order valence-corrected chi connectivity index (χ3v) is 5.98. The summed E-state index contributed by atoms with van der Waals surface area (Å²) in [5.74, 6) is -1.77. The Morgan fingerprint density at radius 2 is 1.92 bits per heavy atom. The molecule has 8 heteroatoms. The van der Waals surface area contributed by atoms with Crippen molar-refractivity contribution in [3.63, 3.8) is 0 Å². The molecule has 0 unspecified atom stereocenters. The molecule has 0 aliphatic carbocycles. The Labute approximate surface area is 141 Å². The van der Waals surface area contributed by atoms with E-state index in [9.17, 15) is 22.0 Å². The molecule has 1 fully saturated rings. The van der Waals surface area contributed by atoms with E-state index in [0.29, 0.717) is 25.5 Å². The molecule has 0 spiro atoms. The number of halogens is 2. The second-order valence-electron chi connectivity index (χ2n) is 5.82. The van der Waals surface area contributed by atoms with E-state index < -0.39 is 26.6 Å². The van der Waals surface area contributed by atoms with E-state index in [1.165, 1.54) is 0 Å². The maximum absolute atomic E-state index is 13.8. The molecule has 0 bridgehead atoms. The number of hydrogen-bond acceptors (Lipinski definition) is 3. The van der Waals surface area contributed by atoms with Gasteiger partial charge >= 0.3 is 0 Å². The summed E-state index contributed by atoms with van der Waals surface area (Å²) in [4.78, 5) is 13.1. The highest BCUT2D eigenvalue weighted by Crippen LogP contribution is 2.22. The van der Waals surface area contributed by atoms with Crippen LogP contribution in [0.4, 0.5) is 8.78 Å². The molecule has 1 aliphatic heterocycles. The van der Waals surface area contributed by atoms with Crippen LogP contribution in [0.3, 0.4) is 0 Å². The van der Waals surface area contributed by atoms with Gasteiger partial charge in [0.25, 0.3) is 0 Å². The maximum Gasteiger partial charge on any atom is 0.246 e. The predicted molar refractivity (Wildman–Crippen MR) is 85.8 cm³/mol. The monoisotopic (exact) mass is 360 g/mol. The predicted octanol–water partition coefficient (Wildman–Crippen LogP) is 2.38. The summed E-state index contributed by atoms with van der Waals surface area (Å²) in [6.07, 6.45) is 2.63. The number of rotatable bonds is 5. The van der Waals surface area contributed by atoms with Crippen LogP contribution in [-0.4, -0.2) is 49.7 Å². The number of unbranched alkanes of at least 4 members (excludes halogenated alkanes) is 1. The topological polar surface area (TPSA) is 57.7 Å². The molecule has 0 atom stereocenters. The van der Waals surface area contributed by atoms with Crippen LogP contribution in [0, 0.1) is 11.6 Å². The number of carbonyl (C=O) groups excluding carboxylic acids is 1. The van der Waals surface area contributed by atoms with Gasteiger partial charge in [-0.1, -0.05) is 13.3 Å². The molecular formula is C16H22F2N2O3S. The fraction of sp³-hybridized carbons (Fsp3) is 0.562. The Kier molecular flexibility index (Phi) is 6.28. The largest absolute Gasteiger partial charge is 0.341 e. The van der Waals surface area contributed by atoms with Gasteiger partial charge in [-0.25, -0.2) is 17.2 Å². The van der Waals surface area contributed by atoms with Crippen molar-refractivity contribution in [2.24, 2.45) is 0 Å². The van der Waals surface area contributed by atoms with Crippen LogP contribution in [0.25, 0.3) is 0 Å². The first-order valence-corrected chi connectivity index (χ1v) is 9.53. The number of amides is 1. The van der Waals surface area contributed by atoms with Crippen molar-refractivity contribution in [3.05, 3.63) is 29.8 Å². The van der Waals surface area contributed by atoms with Crippen LogP contribution >= 0.6 is 0 Å². The van der Waals surface area contributed by atoms with Crippen LogP contribution in [0.15, 0.2) is 23.1 Å². The Bertz CT molecular complexity index is 695. The highest BCUT2D eigenvalue weighted by atomic mass is 32.2. The van der Waals surface area contributed by atoms with E-state index in [1.807, 2.05) is 6.92 Å². The summed E-state index contributed by atoms with van der Waals surface area (Å²) in [5, 5.41) is 0. The lowest BCUT2D eigenvalue weighted by Crippen LogP contribution is -2.37. The number of nitrogens with zero attached hydrogens (tertiary/aromatic N) is 2. The van der Waals surface area contributed by atoms with Gasteiger partial charge in [0, 0.05) is 32.6 Å². The lowest BCUT2D eigenvalue weighted by molar-refractivity contribution is -0.131. The number of carbonyl (C=O) groups is 1. The molecule has 0 radical (unpaired) electrons. The van der Waals surface area contributed by atoms with Gasteiger partial charge in [-0.2, -0.15) is 4.31 Å². The molecule has 2 rings (SSSR count). The van der Waals surface area contributed by atoms with Crippen LogP contribution < -0.4 is 0 Å². The van der Waals surface area contributed by atoms with Crippen molar-refractivity contribution in [3.8, 4) is 0 Å². The van der Waals surface area contributed by atoms with Gasteiger partial charge in [-0.15, -0.1) is 0 Å². The molecule has 0 aromatic heterocycles. The van der Waals surface area contributed by atoms with Gasteiger partial charge in [0.2, 0.25) is 15.9 Å². The van der Waals surface area contributed by atoms with E-state index in [1.54, 1.807) is 4.90 Å². The van der Waals surface area contributed by atoms with Gasteiger partial charge in [-0.05, 0) is 31.0 Å². The summed E-state index contributed by atoms with van der Waals surface area (Å²) in [6.45, 7) is 2.99. The van der Waals surface area contributed by atoms with Crippen LogP contribution in [0.1, 0.15) is 32.6 Å². The normalized spacial score (nSPS) is 16.9. The highest BCUT2D eigenvalue weighted by Gasteiger charge is 2.30. The van der Waals surface area contributed by atoms with Gasteiger partial charge in [0.1, 0.15) is 16.5 Å². The molecule has 1 aromatic rings. The van der Waals surface area contributed by atoms with Crippen molar-refractivity contribution in [2.45, 2.75) is 37.5 Å². The fourth-order valence-corrected chi connectivity index (χ4v) is 4.23. The molecule has 0 saturated carbocycles. The average Bonchev–Trinajstić information content (AvgIpc) is 2.81. The minimum absolute atomic E-state index is 0.00744. The standard InChI is InChI=1S/C16H22F2N2O3S/c1-2-3-5-16(21)19-8-4-9-20(11-10-19)24(22,23)15-12-13(17)6-7-14(15)18/h6-7,12H,2-5,8-11H2,1H3. The Hall–Kier alpha value is -1.54. The van der Waals surface area contributed by atoms with Crippen molar-refractivity contribution in [2.75, 3.05) is 26.2 Å². The Balaban J connectivity index is 2.12. The summed E-state index contributed by atoms with van der Waals surface area (Å²) in [7, 11) is -4.12. The number of benzene rings is 1. The van der Waals surface area contributed by atoms with Crippen molar-refractivity contribution < 1.29 is 22.0 Å². The summed E-state index contributed by atoms with van der Waals surface area (Å²) in [5.41, 5.74) is 0. The third kappa shape index (κ3) is 4.30. The lowest BCUT2D eigenvalue weighted by atomic mass is 10.2. The SMILES string of the molecule is CCCCC(=O)N1CCCN(S(=O)(=O)c2cc(F)ccc2F)CC1. The van der Waals surface area contributed by atoms with Crippen LogP contribution in [0.5, 0.6) is 0 Å². The molecular weight excluding hydrogens is 338 g/mol. The van der Waals surface area contributed by atoms with E-state index in [2.05, 4.69) is 0 Å². The number of hydrogen-bond donors (Lipinski definition) is 0. The van der Waals surface area contributed by atoms with E-state index >= 15 is 0 Å². The molecule has 5 nitrogen and oxygen atoms in total. The molecule has 1 saturated heterocycles. The molecule has 1 aromatic carbocycles. The third-order valence-electron chi connectivity index (χ3n) is 4.06. The minimum Gasteiger partial charge on any atom is -0.341 e. The first kappa shape index (κ1) is 18.8.